The highest BCUT2D eigenvalue weighted by atomic mass is 35.5. The number of amides is 1. The maximum absolute atomic E-state index is 12.3. The zero-order valence-corrected chi connectivity index (χ0v) is 10.6. The molecule has 0 saturated carbocycles. The van der Waals surface area contributed by atoms with E-state index in [1.807, 2.05) is 0 Å². The standard InChI is InChI=1S/C11H14ClN3O3/c12-8-9(13-15-5-6-18-11(8)15)10(17)14-3-1-7(16)2-4-14/h7,16H,1-6H2. The Morgan fingerprint density at radius 2 is 2.11 bits per heavy atom. The summed E-state index contributed by atoms with van der Waals surface area (Å²) in [4.78, 5) is 13.9. The number of nitrogens with zero attached hydrogens (tertiary/aromatic N) is 3. The van der Waals surface area contributed by atoms with E-state index in [1.54, 1.807) is 9.58 Å². The van der Waals surface area contributed by atoms with E-state index in [-0.39, 0.29) is 17.7 Å². The Labute approximate surface area is 109 Å². The molecule has 0 spiro atoms. The van der Waals surface area contributed by atoms with Crippen LogP contribution in [0.3, 0.4) is 0 Å². The molecule has 0 aromatic carbocycles. The van der Waals surface area contributed by atoms with Gasteiger partial charge in [-0.1, -0.05) is 11.6 Å². The van der Waals surface area contributed by atoms with E-state index < -0.39 is 0 Å². The van der Waals surface area contributed by atoms with Crippen molar-refractivity contribution in [1.82, 2.24) is 14.7 Å². The molecule has 0 atom stereocenters. The minimum Gasteiger partial charge on any atom is -0.475 e. The summed E-state index contributed by atoms with van der Waals surface area (Å²) in [5.74, 6) is 0.300. The molecule has 98 valence electrons. The molecular weight excluding hydrogens is 258 g/mol. The minimum absolute atomic E-state index is 0.183. The normalized spacial score (nSPS) is 19.8. The molecule has 1 fully saturated rings. The molecule has 7 heteroatoms. The van der Waals surface area contributed by atoms with Gasteiger partial charge >= 0.3 is 0 Å². The predicted molar refractivity (Wildman–Crippen MR) is 63.9 cm³/mol. The lowest BCUT2D eigenvalue weighted by molar-refractivity contribution is 0.0540. The summed E-state index contributed by atoms with van der Waals surface area (Å²) in [5, 5.41) is 13.9. The Morgan fingerprint density at radius 3 is 2.78 bits per heavy atom. The summed E-state index contributed by atoms with van der Waals surface area (Å²) in [5.41, 5.74) is 0.253. The van der Waals surface area contributed by atoms with Crippen LogP contribution in [0.25, 0.3) is 0 Å². The van der Waals surface area contributed by atoms with Crippen molar-refractivity contribution in [3.05, 3.63) is 10.7 Å². The smallest absolute Gasteiger partial charge is 0.276 e. The Bertz CT molecular complexity index is 480. The molecular formula is C11H14ClN3O3. The van der Waals surface area contributed by atoms with Gasteiger partial charge in [0.2, 0.25) is 5.88 Å². The molecule has 2 aliphatic heterocycles. The average molecular weight is 272 g/mol. The van der Waals surface area contributed by atoms with Gasteiger partial charge in [0, 0.05) is 13.1 Å². The third kappa shape index (κ3) is 1.85. The number of hydrogen-bond donors (Lipinski definition) is 1. The molecule has 1 aromatic rings. The number of fused-ring (bicyclic) bond motifs is 1. The van der Waals surface area contributed by atoms with Gasteiger partial charge in [-0.3, -0.25) is 4.79 Å². The van der Waals surface area contributed by atoms with Crippen molar-refractivity contribution >= 4 is 17.5 Å². The quantitative estimate of drug-likeness (QED) is 0.809. The third-order valence-electron chi connectivity index (χ3n) is 3.35. The summed E-state index contributed by atoms with van der Waals surface area (Å²) < 4.78 is 6.94. The summed E-state index contributed by atoms with van der Waals surface area (Å²) in [6.07, 6.45) is 0.903. The summed E-state index contributed by atoms with van der Waals surface area (Å²) in [6.45, 7) is 2.26. The number of carbonyl (C=O) groups excluding carboxylic acids is 1. The molecule has 6 nitrogen and oxygen atoms in total. The molecule has 0 bridgehead atoms. The number of halogens is 1. The Hall–Kier alpha value is -1.27. The third-order valence-corrected chi connectivity index (χ3v) is 3.69. The van der Waals surface area contributed by atoms with Crippen LogP contribution in [0.4, 0.5) is 0 Å². The first kappa shape index (κ1) is 11.8. The van der Waals surface area contributed by atoms with E-state index in [4.69, 9.17) is 16.3 Å². The van der Waals surface area contributed by atoms with Crippen LogP contribution in [-0.4, -0.2) is 51.5 Å². The lowest BCUT2D eigenvalue weighted by Crippen LogP contribution is -2.40. The summed E-state index contributed by atoms with van der Waals surface area (Å²) in [7, 11) is 0. The lowest BCUT2D eigenvalue weighted by Gasteiger charge is -2.29. The number of aliphatic hydroxyl groups is 1. The molecule has 3 rings (SSSR count). The number of aliphatic hydroxyl groups excluding tert-OH is 1. The van der Waals surface area contributed by atoms with Crippen LogP contribution in [0, 0.1) is 0 Å². The van der Waals surface area contributed by atoms with E-state index in [0.29, 0.717) is 50.0 Å². The molecule has 1 amide bonds. The van der Waals surface area contributed by atoms with Crippen LogP contribution in [0.2, 0.25) is 5.02 Å². The highest BCUT2D eigenvalue weighted by molar-refractivity contribution is 6.34. The zero-order chi connectivity index (χ0) is 12.7. The predicted octanol–water partition coefficient (Wildman–Crippen LogP) is 0.526. The van der Waals surface area contributed by atoms with Gasteiger partial charge in [-0.2, -0.15) is 5.10 Å². The zero-order valence-electron chi connectivity index (χ0n) is 9.80. The number of likely N-dealkylation sites (tertiary alicyclic amines) is 1. The van der Waals surface area contributed by atoms with Crippen molar-refractivity contribution in [2.45, 2.75) is 25.5 Å². The number of aromatic nitrogens is 2. The fourth-order valence-electron chi connectivity index (χ4n) is 2.30. The van der Waals surface area contributed by atoms with Crippen molar-refractivity contribution in [2.75, 3.05) is 19.7 Å². The van der Waals surface area contributed by atoms with Crippen molar-refractivity contribution in [1.29, 1.82) is 0 Å². The summed E-state index contributed by atoms with van der Waals surface area (Å²) >= 11 is 6.11. The molecule has 1 saturated heterocycles. The van der Waals surface area contributed by atoms with Gasteiger partial charge in [0.05, 0.1) is 12.6 Å². The van der Waals surface area contributed by atoms with Crippen LogP contribution >= 0.6 is 11.6 Å². The fraction of sp³-hybridized carbons (Fsp3) is 0.636. The van der Waals surface area contributed by atoms with Crippen LogP contribution in [-0.2, 0) is 6.54 Å². The molecule has 2 aliphatic rings. The molecule has 1 aromatic heterocycles. The molecule has 1 N–H and O–H groups in total. The average Bonchev–Trinajstić information content (AvgIpc) is 2.93. The monoisotopic (exact) mass is 271 g/mol. The molecule has 0 radical (unpaired) electrons. The van der Waals surface area contributed by atoms with Gasteiger partial charge in [-0.05, 0) is 12.8 Å². The second-order valence-electron chi connectivity index (χ2n) is 4.56. The lowest BCUT2D eigenvalue weighted by atomic mass is 10.1. The van der Waals surface area contributed by atoms with Gasteiger partial charge < -0.3 is 14.7 Å². The largest absolute Gasteiger partial charge is 0.475 e. The first-order valence-electron chi connectivity index (χ1n) is 6.03. The topological polar surface area (TPSA) is 67.6 Å². The van der Waals surface area contributed by atoms with Crippen molar-refractivity contribution in [3.63, 3.8) is 0 Å². The van der Waals surface area contributed by atoms with Crippen molar-refractivity contribution in [3.8, 4) is 5.88 Å². The number of piperidine rings is 1. The molecule has 3 heterocycles. The SMILES string of the molecule is O=C(c1nn2c(c1Cl)OCC2)N1CCC(O)CC1. The highest BCUT2D eigenvalue weighted by Gasteiger charge is 2.30. The number of carbonyl (C=O) groups is 1. The van der Waals surface area contributed by atoms with Crippen LogP contribution < -0.4 is 4.74 Å². The summed E-state index contributed by atoms with van der Waals surface area (Å²) in [6, 6.07) is 0. The van der Waals surface area contributed by atoms with Gasteiger partial charge in [-0.25, -0.2) is 4.68 Å². The van der Waals surface area contributed by atoms with Gasteiger partial charge in [0.25, 0.3) is 5.91 Å². The molecule has 18 heavy (non-hydrogen) atoms. The first-order valence-corrected chi connectivity index (χ1v) is 6.41. The van der Waals surface area contributed by atoms with E-state index in [2.05, 4.69) is 5.10 Å². The Morgan fingerprint density at radius 1 is 1.39 bits per heavy atom. The Balaban J connectivity index is 1.80. The van der Waals surface area contributed by atoms with Crippen LogP contribution in [0.5, 0.6) is 5.88 Å². The van der Waals surface area contributed by atoms with Crippen LogP contribution in [0.15, 0.2) is 0 Å². The van der Waals surface area contributed by atoms with Gasteiger partial charge in [0.1, 0.15) is 11.6 Å². The first-order chi connectivity index (χ1) is 8.66. The second kappa shape index (κ2) is 4.44. The molecule has 0 aliphatic carbocycles. The van der Waals surface area contributed by atoms with Gasteiger partial charge in [-0.15, -0.1) is 0 Å². The van der Waals surface area contributed by atoms with E-state index in [1.165, 1.54) is 0 Å². The highest BCUT2D eigenvalue weighted by Crippen LogP contribution is 2.32. The van der Waals surface area contributed by atoms with Crippen molar-refractivity contribution < 1.29 is 14.6 Å². The fourth-order valence-corrected chi connectivity index (χ4v) is 2.57. The van der Waals surface area contributed by atoms with E-state index in [0.717, 1.165) is 0 Å². The van der Waals surface area contributed by atoms with E-state index in [9.17, 15) is 9.90 Å². The van der Waals surface area contributed by atoms with E-state index >= 15 is 0 Å². The minimum atomic E-state index is -0.306. The van der Waals surface area contributed by atoms with Gasteiger partial charge in [0.15, 0.2) is 5.69 Å². The van der Waals surface area contributed by atoms with Crippen molar-refractivity contribution in [2.24, 2.45) is 0 Å². The maximum Gasteiger partial charge on any atom is 0.276 e. The second-order valence-corrected chi connectivity index (χ2v) is 4.94. The maximum atomic E-state index is 12.3. The Kier molecular flexibility index (Phi) is 2.91. The van der Waals surface area contributed by atoms with Crippen LogP contribution in [0.1, 0.15) is 23.3 Å². The number of ether oxygens (including phenoxy) is 1. The molecule has 0 unspecified atom stereocenters. The number of hydrogen-bond acceptors (Lipinski definition) is 4. The number of rotatable bonds is 1.